The highest BCUT2D eigenvalue weighted by Gasteiger charge is 2.24. The van der Waals surface area contributed by atoms with Crippen LogP contribution in [-0.4, -0.2) is 24.1 Å². The van der Waals surface area contributed by atoms with Crippen molar-refractivity contribution in [2.24, 2.45) is 10.9 Å². The molecule has 1 aromatic rings. The molecule has 4 nitrogen and oxygen atoms in total. The van der Waals surface area contributed by atoms with Gasteiger partial charge in [0.2, 0.25) is 0 Å². The molecule has 0 amide bonds. The Balaban J connectivity index is 2.31. The van der Waals surface area contributed by atoms with Gasteiger partial charge in [0.05, 0.1) is 0 Å². The van der Waals surface area contributed by atoms with Crippen LogP contribution in [0.4, 0.5) is 5.69 Å². The maximum atomic E-state index is 8.75. The van der Waals surface area contributed by atoms with Crippen molar-refractivity contribution < 1.29 is 5.21 Å². The molecule has 1 aliphatic carbocycles. The van der Waals surface area contributed by atoms with Crippen LogP contribution in [0.5, 0.6) is 0 Å². The zero-order valence-electron chi connectivity index (χ0n) is 9.43. The van der Waals surface area contributed by atoms with Crippen LogP contribution in [0.2, 0.25) is 0 Å². The van der Waals surface area contributed by atoms with Gasteiger partial charge in [0.15, 0.2) is 5.84 Å². The van der Waals surface area contributed by atoms with Crippen molar-refractivity contribution in [1.29, 1.82) is 0 Å². The normalized spacial score (nSPS) is 16.9. The summed E-state index contributed by atoms with van der Waals surface area (Å²) in [6, 6.07) is 8.34. The Hall–Kier alpha value is -1.71. The summed E-state index contributed by atoms with van der Waals surface area (Å²) in [7, 11) is 2.06. The number of amidine groups is 1. The van der Waals surface area contributed by atoms with E-state index in [1.54, 1.807) is 0 Å². The Labute approximate surface area is 95.4 Å². The van der Waals surface area contributed by atoms with Crippen LogP contribution in [0, 0.1) is 0 Å². The topological polar surface area (TPSA) is 61.8 Å². The Morgan fingerprint density at radius 3 is 2.69 bits per heavy atom. The fraction of sp³-hybridized carbons (Fsp3) is 0.417. The lowest BCUT2D eigenvalue weighted by molar-refractivity contribution is 0.318. The third kappa shape index (κ3) is 1.83. The quantitative estimate of drug-likeness (QED) is 0.352. The van der Waals surface area contributed by atoms with Gasteiger partial charge in [-0.1, -0.05) is 17.3 Å². The summed E-state index contributed by atoms with van der Waals surface area (Å²) < 4.78 is 0. The first-order chi connectivity index (χ1) is 7.74. The molecule has 2 rings (SSSR count). The van der Waals surface area contributed by atoms with E-state index < -0.39 is 0 Å². The lowest BCUT2D eigenvalue weighted by Crippen LogP contribution is -2.38. The van der Waals surface area contributed by atoms with E-state index in [-0.39, 0.29) is 5.84 Å². The van der Waals surface area contributed by atoms with Gasteiger partial charge in [0.1, 0.15) is 0 Å². The van der Waals surface area contributed by atoms with E-state index in [4.69, 9.17) is 10.9 Å². The molecule has 86 valence electrons. The second-order valence-corrected chi connectivity index (χ2v) is 4.20. The minimum atomic E-state index is 0.168. The van der Waals surface area contributed by atoms with E-state index in [1.807, 2.05) is 24.3 Å². The number of hydrogen-bond acceptors (Lipinski definition) is 3. The summed E-state index contributed by atoms with van der Waals surface area (Å²) in [5, 5.41) is 11.8. The van der Waals surface area contributed by atoms with E-state index in [2.05, 4.69) is 17.1 Å². The molecule has 3 N–H and O–H groups in total. The second kappa shape index (κ2) is 4.43. The van der Waals surface area contributed by atoms with E-state index in [0.29, 0.717) is 6.04 Å². The summed E-state index contributed by atoms with van der Waals surface area (Å²) in [6.45, 7) is 0. The van der Waals surface area contributed by atoms with Crippen molar-refractivity contribution in [2.75, 3.05) is 11.9 Å². The number of benzene rings is 1. The Bertz CT molecular complexity index is 399. The molecule has 1 aliphatic rings. The molecule has 0 heterocycles. The van der Waals surface area contributed by atoms with Gasteiger partial charge in [-0.05, 0) is 31.4 Å². The number of nitrogens with two attached hydrogens (primary N) is 1. The molecular formula is C12H17N3O. The molecule has 0 aromatic heterocycles. The van der Waals surface area contributed by atoms with Gasteiger partial charge in [-0.3, -0.25) is 0 Å². The molecule has 4 heteroatoms. The van der Waals surface area contributed by atoms with Gasteiger partial charge in [-0.25, -0.2) is 0 Å². The first-order valence-electron chi connectivity index (χ1n) is 5.54. The van der Waals surface area contributed by atoms with Gasteiger partial charge in [-0.2, -0.15) is 0 Å². The van der Waals surface area contributed by atoms with Crippen molar-refractivity contribution in [1.82, 2.24) is 0 Å². The molecule has 0 spiro atoms. The number of nitrogens with zero attached hydrogens (tertiary/aromatic N) is 2. The highest BCUT2D eigenvalue weighted by Crippen LogP contribution is 2.30. The van der Waals surface area contributed by atoms with Crippen LogP contribution in [0.25, 0.3) is 0 Å². The molecule has 0 atom stereocenters. The fourth-order valence-corrected chi connectivity index (χ4v) is 2.02. The zero-order chi connectivity index (χ0) is 11.5. The minimum absolute atomic E-state index is 0.168. The highest BCUT2D eigenvalue weighted by atomic mass is 16.4. The molecule has 0 unspecified atom stereocenters. The van der Waals surface area contributed by atoms with Crippen LogP contribution >= 0.6 is 0 Å². The van der Waals surface area contributed by atoms with Crippen molar-refractivity contribution in [3.63, 3.8) is 0 Å². The third-order valence-electron chi connectivity index (χ3n) is 3.29. The predicted octanol–water partition coefficient (Wildman–Crippen LogP) is 1.77. The number of hydrogen-bond donors (Lipinski definition) is 2. The maximum Gasteiger partial charge on any atom is 0.172 e. The molecule has 0 aliphatic heterocycles. The van der Waals surface area contributed by atoms with Gasteiger partial charge in [0.25, 0.3) is 0 Å². The van der Waals surface area contributed by atoms with Crippen LogP contribution in [-0.2, 0) is 0 Å². The standard InChI is InChI=1S/C12H17N3O/c1-15(9-5-4-6-9)11-8-3-2-7-10(11)12(13)14-16/h2-3,7-9,16H,4-6H2,1H3,(H2,13,14). The Morgan fingerprint density at radius 1 is 1.44 bits per heavy atom. The summed E-state index contributed by atoms with van der Waals surface area (Å²) in [6.07, 6.45) is 3.74. The summed E-state index contributed by atoms with van der Waals surface area (Å²) in [5.74, 6) is 0.168. The Kier molecular flexibility index (Phi) is 2.99. The number of rotatable bonds is 3. The first kappa shape index (κ1) is 10.8. The van der Waals surface area contributed by atoms with Crippen molar-refractivity contribution in [2.45, 2.75) is 25.3 Å². The highest BCUT2D eigenvalue weighted by molar-refractivity contribution is 6.02. The second-order valence-electron chi connectivity index (χ2n) is 4.20. The first-order valence-corrected chi connectivity index (χ1v) is 5.54. The molecule has 1 aromatic carbocycles. The lowest BCUT2D eigenvalue weighted by Gasteiger charge is -2.37. The van der Waals surface area contributed by atoms with Crippen LogP contribution in [0.15, 0.2) is 29.4 Å². The van der Waals surface area contributed by atoms with Gasteiger partial charge in [0, 0.05) is 24.3 Å². The largest absolute Gasteiger partial charge is 0.409 e. The van der Waals surface area contributed by atoms with Gasteiger partial charge >= 0.3 is 0 Å². The SMILES string of the molecule is CN(c1ccccc1/C(N)=N/O)C1CCC1. The van der Waals surface area contributed by atoms with Gasteiger partial charge in [-0.15, -0.1) is 0 Å². The molecule has 0 saturated heterocycles. The monoisotopic (exact) mass is 219 g/mol. The van der Waals surface area contributed by atoms with E-state index in [9.17, 15) is 0 Å². The summed E-state index contributed by atoms with van der Waals surface area (Å²) in [4.78, 5) is 2.22. The van der Waals surface area contributed by atoms with Crippen molar-refractivity contribution in [3.8, 4) is 0 Å². The average molecular weight is 219 g/mol. The average Bonchev–Trinajstić information content (AvgIpc) is 2.25. The van der Waals surface area contributed by atoms with E-state index in [1.165, 1.54) is 19.3 Å². The molecule has 1 saturated carbocycles. The third-order valence-corrected chi connectivity index (χ3v) is 3.29. The Morgan fingerprint density at radius 2 is 2.12 bits per heavy atom. The van der Waals surface area contributed by atoms with Crippen LogP contribution in [0.3, 0.4) is 0 Å². The smallest absolute Gasteiger partial charge is 0.172 e. The fourth-order valence-electron chi connectivity index (χ4n) is 2.02. The summed E-state index contributed by atoms with van der Waals surface area (Å²) in [5.41, 5.74) is 7.49. The van der Waals surface area contributed by atoms with Crippen LogP contribution in [0.1, 0.15) is 24.8 Å². The lowest BCUT2D eigenvalue weighted by atomic mass is 9.91. The van der Waals surface area contributed by atoms with Crippen molar-refractivity contribution >= 4 is 11.5 Å². The van der Waals surface area contributed by atoms with Crippen molar-refractivity contribution in [3.05, 3.63) is 29.8 Å². The maximum absolute atomic E-state index is 8.75. The zero-order valence-corrected chi connectivity index (χ0v) is 9.43. The molecule has 0 bridgehead atoms. The van der Waals surface area contributed by atoms with Crippen LogP contribution < -0.4 is 10.6 Å². The minimum Gasteiger partial charge on any atom is -0.409 e. The van der Waals surface area contributed by atoms with E-state index >= 15 is 0 Å². The molecule has 1 fully saturated rings. The van der Waals surface area contributed by atoms with E-state index in [0.717, 1.165) is 11.3 Å². The number of para-hydroxylation sites is 1. The predicted molar refractivity (Wildman–Crippen MR) is 65.0 cm³/mol. The number of anilines is 1. The molecule has 16 heavy (non-hydrogen) atoms. The summed E-state index contributed by atoms with van der Waals surface area (Å²) >= 11 is 0. The molecule has 0 radical (unpaired) electrons. The number of oxime groups is 1. The van der Waals surface area contributed by atoms with Gasteiger partial charge < -0.3 is 15.8 Å². The molecular weight excluding hydrogens is 202 g/mol.